The summed E-state index contributed by atoms with van der Waals surface area (Å²) in [5.41, 5.74) is 0. The van der Waals surface area contributed by atoms with Gasteiger partial charge in [0.2, 0.25) is 5.01 Å². The van der Waals surface area contributed by atoms with Crippen LogP contribution < -0.4 is 0 Å². The van der Waals surface area contributed by atoms with Crippen molar-refractivity contribution in [2.45, 2.75) is 6.54 Å². The lowest BCUT2D eigenvalue weighted by Crippen LogP contribution is -2.12. The van der Waals surface area contributed by atoms with E-state index in [0.29, 0.717) is 12.4 Å². The van der Waals surface area contributed by atoms with Crippen LogP contribution >= 0.6 is 11.5 Å². The maximum absolute atomic E-state index is 10.4. The molecule has 0 aliphatic rings. The summed E-state index contributed by atoms with van der Waals surface area (Å²) >= 11 is 0.912. The number of hydrogen-bond donors (Lipinski definition) is 1. The minimum absolute atomic E-state index is 0.0480. The Hall–Kier alpha value is -1.01. The van der Waals surface area contributed by atoms with Crippen LogP contribution in [0.25, 0.3) is 0 Å². The van der Waals surface area contributed by atoms with Crippen molar-refractivity contribution >= 4 is 17.5 Å². The molecule has 1 aromatic rings. The Labute approximate surface area is 73.8 Å². The Bertz CT molecular complexity index is 284. The topological polar surface area (TPSA) is 66.3 Å². The molecule has 0 unspecified atom stereocenters. The highest BCUT2D eigenvalue weighted by molar-refractivity contribution is 7.07. The van der Waals surface area contributed by atoms with Crippen LogP contribution in [0, 0.1) is 0 Å². The minimum atomic E-state index is -1.02. The normalized spacial score (nSPS) is 10.6. The molecule has 6 heteroatoms. The fraction of sp³-hybridized carbons (Fsp3) is 0.500. The highest BCUT2D eigenvalue weighted by Crippen LogP contribution is 2.05. The molecule has 66 valence electrons. The summed E-state index contributed by atoms with van der Waals surface area (Å²) in [6.07, 6.45) is 0. The quantitative estimate of drug-likeness (QED) is 0.737. The van der Waals surface area contributed by atoms with E-state index in [-0.39, 0.29) is 5.01 Å². The number of aromatic nitrogens is 2. The van der Waals surface area contributed by atoms with Gasteiger partial charge in [-0.2, -0.15) is 4.37 Å². The zero-order valence-corrected chi connectivity index (χ0v) is 7.63. The van der Waals surface area contributed by atoms with Crippen molar-refractivity contribution in [3.63, 3.8) is 0 Å². The molecule has 0 bridgehead atoms. The van der Waals surface area contributed by atoms with Gasteiger partial charge in [-0.05, 0) is 25.6 Å². The average molecular weight is 187 g/mol. The minimum Gasteiger partial charge on any atom is -0.476 e. The highest BCUT2D eigenvalue weighted by Gasteiger charge is 2.10. The third-order valence-corrected chi connectivity index (χ3v) is 1.85. The van der Waals surface area contributed by atoms with Crippen molar-refractivity contribution in [3.05, 3.63) is 10.8 Å². The Kier molecular flexibility index (Phi) is 2.72. The SMILES string of the molecule is CN(C)Cc1nsc(C(=O)O)n1. The van der Waals surface area contributed by atoms with Gasteiger partial charge in [0.25, 0.3) is 0 Å². The molecule has 1 rings (SSSR count). The molecule has 0 spiro atoms. The van der Waals surface area contributed by atoms with Crippen LogP contribution in [0.1, 0.15) is 15.6 Å². The molecule has 1 N–H and O–H groups in total. The molecule has 0 aliphatic carbocycles. The molecule has 0 fully saturated rings. The predicted molar refractivity (Wildman–Crippen MR) is 44.3 cm³/mol. The molecule has 12 heavy (non-hydrogen) atoms. The van der Waals surface area contributed by atoms with Crippen LogP contribution in [0.4, 0.5) is 0 Å². The summed E-state index contributed by atoms with van der Waals surface area (Å²) in [5.74, 6) is -0.458. The molecule has 0 saturated heterocycles. The van der Waals surface area contributed by atoms with E-state index in [1.165, 1.54) is 0 Å². The zero-order chi connectivity index (χ0) is 9.14. The third kappa shape index (κ3) is 2.24. The zero-order valence-electron chi connectivity index (χ0n) is 6.81. The van der Waals surface area contributed by atoms with E-state index < -0.39 is 5.97 Å². The average Bonchev–Trinajstić information content (AvgIpc) is 2.34. The van der Waals surface area contributed by atoms with Crippen LogP contribution in [-0.2, 0) is 6.54 Å². The Morgan fingerprint density at radius 2 is 2.33 bits per heavy atom. The highest BCUT2D eigenvalue weighted by atomic mass is 32.1. The Morgan fingerprint density at radius 3 is 2.75 bits per heavy atom. The van der Waals surface area contributed by atoms with Crippen LogP contribution in [0.3, 0.4) is 0 Å². The van der Waals surface area contributed by atoms with Gasteiger partial charge in [0.15, 0.2) is 5.82 Å². The molecular formula is C6H9N3O2S. The maximum Gasteiger partial charge on any atom is 0.366 e. The van der Waals surface area contributed by atoms with E-state index >= 15 is 0 Å². The molecule has 0 radical (unpaired) electrons. The van der Waals surface area contributed by atoms with E-state index in [1.807, 2.05) is 19.0 Å². The maximum atomic E-state index is 10.4. The molecule has 0 saturated carbocycles. The van der Waals surface area contributed by atoms with E-state index in [9.17, 15) is 4.79 Å². The number of carboxylic acids is 1. The standard InChI is InChI=1S/C6H9N3O2S/c1-9(2)3-4-7-5(6(10)11)12-8-4/h3H2,1-2H3,(H,10,11). The number of nitrogens with zero attached hydrogens (tertiary/aromatic N) is 3. The van der Waals surface area contributed by atoms with Gasteiger partial charge in [-0.1, -0.05) is 0 Å². The Balaban J connectivity index is 2.71. The number of hydrogen-bond acceptors (Lipinski definition) is 5. The number of carboxylic acid groups (broad SMARTS) is 1. The van der Waals surface area contributed by atoms with Gasteiger partial charge in [0.05, 0.1) is 6.54 Å². The van der Waals surface area contributed by atoms with E-state index in [2.05, 4.69) is 9.36 Å². The molecule has 0 aliphatic heterocycles. The van der Waals surface area contributed by atoms with Crippen molar-refractivity contribution < 1.29 is 9.90 Å². The first-order valence-electron chi connectivity index (χ1n) is 3.30. The summed E-state index contributed by atoms with van der Waals surface area (Å²) in [7, 11) is 3.75. The fourth-order valence-corrected chi connectivity index (χ4v) is 1.20. The second-order valence-corrected chi connectivity index (χ2v) is 3.31. The summed E-state index contributed by atoms with van der Waals surface area (Å²) < 4.78 is 3.89. The molecule has 0 amide bonds. The van der Waals surface area contributed by atoms with Crippen molar-refractivity contribution in [3.8, 4) is 0 Å². The summed E-state index contributed by atoms with van der Waals surface area (Å²) in [4.78, 5) is 16.1. The lowest BCUT2D eigenvalue weighted by Gasteiger charge is -2.03. The number of rotatable bonds is 3. The van der Waals surface area contributed by atoms with Gasteiger partial charge in [0.1, 0.15) is 0 Å². The van der Waals surface area contributed by atoms with E-state index in [4.69, 9.17) is 5.11 Å². The summed E-state index contributed by atoms with van der Waals surface area (Å²) in [6.45, 7) is 0.573. The Morgan fingerprint density at radius 1 is 1.67 bits per heavy atom. The molecule has 1 heterocycles. The fourth-order valence-electron chi connectivity index (χ4n) is 0.688. The van der Waals surface area contributed by atoms with Crippen molar-refractivity contribution in [1.29, 1.82) is 0 Å². The van der Waals surface area contributed by atoms with E-state index in [0.717, 1.165) is 11.5 Å². The smallest absolute Gasteiger partial charge is 0.366 e. The first-order chi connectivity index (χ1) is 5.59. The van der Waals surface area contributed by atoms with E-state index in [1.54, 1.807) is 0 Å². The molecule has 0 atom stereocenters. The van der Waals surface area contributed by atoms with Gasteiger partial charge >= 0.3 is 5.97 Å². The molecule has 0 aromatic carbocycles. The predicted octanol–water partition coefficient (Wildman–Crippen LogP) is 0.298. The summed E-state index contributed by atoms with van der Waals surface area (Å²) in [6, 6.07) is 0. The van der Waals surface area contributed by atoms with Crippen molar-refractivity contribution in [2.24, 2.45) is 0 Å². The van der Waals surface area contributed by atoms with Crippen LogP contribution in [0.5, 0.6) is 0 Å². The van der Waals surface area contributed by atoms with Crippen LogP contribution in [0.2, 0.25) is 0 Å². The van der Waals surface area contributed by atoms with Gasteiger partial charge in [0, 0.05) is 0 Å². The number of carbonyl (C=O) groups is 1. The molecular weight excluding hydrogens is 178 g/mol. The lowest BCUT2D eigenvalue weighted by atomic mass is 10.5. The third-order valence-electron chi connectivity index (χ3n) is 1.11. The lowest BCUT2D eigenvalue weighted by molar-refractivity contribution is 0.0696. The van der Waals surface area contributed by atoms with Gasteiger partial charge in [-0.3, -0.25) is 0 Å². The molecule has 5 nitrogen and oxygen atoms in total. The van der Waals surface area contributed by atoms with Crippen molar-refractivity contribution in [1.82, 2.24) is 14.3 Å². The van der Waals surface area contributed by atoms with Gasteiger partial charge in [-0.15, -0.1) is 0 Å². The monoisotopic (exact) mass is 187 g/mol. The van der Waals surface area contributed by atoms with Crippen LogP contribution in [-0.4, -0.2) is 39.4 Å². The van der Waals surface area contributed by atoms with Gasteiger partial charge < -0.3 is 10.0 Å². The number of aromatic carboxylic acids is 1. The second-order valence-electron chi connectivity index (χ2n) is 2.56. The largest absolute Gasteiger partial charge is 0.476 e. The van der Waals surface area contributed by atoms with Crippen LogP contribution in [0.15, 0.2) is 0 Å². The molecule has 1 aromatic heterocycles. The van der Waals surface area contributed by atoms with Gasteiger partial charge in [-0.25, -0.2) is 9.78 Å². The first-order valence-corrected chi connectivity index (χ1v) is 4.07. The first kappa shape index (κ1) is 9.08. The van der Waals surface area contributed by atoms with Crippen molar-refractivity contribution in [2.75, 3.05) is 14.1 Å². The summed E-state index contributed by atoms with van der Waals surface area (Å²) in [5, 5.41) is 8.57. The second kappa shape index (κ2) is 3.59.